The largest absolute Gasteiger partial charge is 0.462 e. The number of carbonyl (C=O) groups excluding carboxylic acids is 2. The van der Waals surface area contributed by atoms with Gasteiger partial charge in [0.2, 0.25) is 0 Å². The van der Waals surface area contributed by atoms with Gasteiger partial charge in [-0.1, -0.05) is 39.0 Å². The smallest absolute Gasteiger partial charge is 0.311 e. The highest BCUT2D eigenvalue weighted by atomic mass is 16.6. The molecule has 2 aliphatic carbocycles. The van der Waals surface area contributed by atoms with Gasteiger partial charge in [0.25, 0.3) is 0 Å². The maximum Gasteiger partial charge on any atom is 0.311 e. The summed E-state index contributed by atoms with van der Waals surface area (Å²) in [6, 6.07) is 0. The zero-order valence-electron chi connectivity index (χ0n) is 21.6. The molecule has 0 aromatic rings. The highest BCUT2D eigenvalue weighted by molar-refractivity contribution is 5.76. The summed E-state index contributed by atoms with van der Waals surface area (Å²) in [4.78, 5) is 24.9. The Labute approximate surface area is 185 Å². The SMILES string of the molecule is [2H][13C]([2H])([2H])C(C)(CC)C(=O)O[C@H]1C[C@@H](C)C=C2C=C[C@H](C)[C@H](CC[C@@H]3C[C@@H](O)CC(=O)O3)[C@H]21. The van der Waals surface area contributed by atoms with Crippen LogP contribution in [0, 0.1) is 29.1 Å². The van der Waals surface area contributed by atoms with Crippen molar-refractivity contribution >= 4 is 11.9 Å². The number of aliphatic hydroxyl groups excluding tert-OH is 1. The molecule has 0 radical (unpaired) electrons. The van der Waals surface area contributed by atoms with Crippen molar-refractivity contribution < 1.29 is 28.3 Å². The summed E-state index contributed by atoms with van der Waals surface area (Å²) in [5, 5.41) is 9.94. The van der Waals surface area contributed by atoms with Crippen LogP contribution in [-0.4, -0.2) is 35.4 Å². The number of ether oxygens (including phenoxy) is 2. The van der Waals surface area contributed by atoms with Crippen LogP contribution in [0.5, 0.6) is 0 Å². The molecule has 0 saturated carbocycles. The Bertz CT molecular complexity index is 804. The Kier molecular flexibility index (Phi) is 5.89. The van der Waals surface area contributed by atoms with E-state index in [9.17, 15) is 14.7 Å². The number of hydrogen-bond acceptors (Lipinski definition) is 5. The summed E-state index contributed by atoms with van der Waals surface area (Å²) in [6.45, 7) is 4.94. The van der Waals surface area contributed by atoms with Gasteiger partial charge in [-0.05, 0) is 62.8 Å². The molecule has 1 unspecified atom stereocenters. The van der Waals surface area contributed by atoms with Crippen molar-refractivity contribution in [3.63, 3.8) is 0 Å². The summed E-state index contributed by atoms with van der Waals surface area (Å²) in [6.07, 6.45) is 7.82. The van der Waals surface area contributed by atoms with E-state index in [1.807, 2.05) is 0 Å². The fourth-order valence-corrected chi connectivity index (χ4v) is 5.05. The lowest BCUT2D eigenvalue weighted by Crippen LogP contribution is -2.43. The molecule has 8 atom stereocenters. The molecule has 3 aliphatic rings. The Balaban J connectivity index is 1.80. The van der Waals surface area contributed by atoms with E-state index in [2.05, 4.69) is 32.1 Å². The van der Waals surface area contributed by atoms with E-state index in [0.717, 1.165) is 12.0 Å². The van der Waals surface area contributed by atoms with Gasteiger partial charge < -0.3 is 14.6 Å². The molecule has 0 amide bonds. The van der Waals surface area contributed by atoms with Crippen molar-refractivity contribution in [3.8, 4) is 0 Å². The molecule has 1 saturated heterocycles. The standard InChI is InChI=1S/C25H38O5/c1-6-25(4,5)24(28)30-21-12-15(2)11-17-8-7-16(3)20(23(17)21)10-9-19-13-18(26)14-22(27)29-19/h7-8,11,15-16,18-21,23,26H,6,9-10,12-14H2,1-5H3/t15-,16-,18+,19+,20-,21-,23-/m0/s1/i4+1D3/t15-,16-,18+,19+,20-,21-,23-,25?. The Morgan fingerprint density at radius 2 is 2.13 bits per heavy atom. The van der Waals surface area contributed by atoms with Crippen LogP contribution < -0.4 is 0 Å². The van der Waals surface area contributed by atoms with Gasteiger partial charge in [-0.15, -0.1) is 0 Å². The summed E-state index contributed by atoms with van der Waals surface area (Å²) in [5.74, 6) is -0.461. The van der Waals surface area contributed by atoms with Gasteiger partial charge in [-0.3, -0.25) is 9.59 Å². The third-order valence-electron chi connectivity index (χ3n) is 7.07. The molecule has 1 fully saturated rings. The molecule has 168 valence electrons. The molecule has 1 N–H and O–H groups in total. The molecule has 30 heavy (non-hydrogen) atoms. The van der Waals surface area contributed by atoms with Gasteiger partial charge in [0.05, 0.1) is 17.9 Å². The Morgan fingerprint density at radius 1 is 1.37 bits per heavy atom. The van der Waals surface area contributed by atoms with E-state index in [1.165, 1.54) is 6.92 Å². The molecule has 0 bridgehead atoms. The van der Waals surface area contributed by atoms with Gasteiger partial charge in [-0.2, -0.15) is 0 Å². The van der Waals surface area contributed by atoms with Crippen molar-refractivity contribution in [3.05, 3.63) is 23.8 Å². The van der Waals surface area contributed by atoms with Crippen molar-refractivity contribution in [1.82, 2.24) is 0 Å². The van der Waals surface area contributed by atoms with Crippen LogP contribution >= 0.6 is 0 Å². The van der Waals surface area contributed by atoms with E-state index >= 15 is 0 Å². The van der Waals surface area contributed by atoms with Crippen LogP contribution in [0.15, 0.2) is 23.8 Å². The first kappa shape index (κ1) is 19.1. The number of allylic oxidation sites excluding steroid dienone is 3. The average Bonchev–Trinajstić information content (AvgIpc) is 2.70. The van der Waals surface area contributed by atoms with E-state index in [1.54, 1.807) is 6.92 Å². The minimum atomic E-state index is -2.44. The number of cyclic esters (lactones) is 1. The lowest BCUT2D eigenvalue weighted by molar-refractivity contribution is -0.166. The molecular formula is C25H38O5. The maximum absolute atomic E-state index is 13.2. The van der Waals surface area contributed by atoms with Crippen LogP contribution in [-0.2, 0) is 19.1 Å². The highest BCUT2D eigenvalue weighted by Crippen LogP contribution is 2.45. The first-order chi connectivity index (χ1) is 15.4. The third kappa shape index (κ3) is 5.16. The van der Waals surface area contributed by atoms with Gasteiger partial charge >= 0.3 is 11.9 Å². The molecule has 0 aromatic carbocycles. The Hall–Kier alpha value is -1.62. The third-order valence-corrected chi connectivity index (χ3v) is 7.07. The fraction of sp³-hybridized carbons (Fsp3) is 0.760. The zero-order valence-corrected chi connectivity index (χ0v) is 18.6. The van der Waals surface area contributed by atoms with Crippen LogP contribution in [0.25, 0.3) is 0 Å². The zero-order chi connectivity index (χ0) is 24.6. The summed E-state index contributed by atoms with van der Waals surface area (Å²) < 4.78 is 35.1. The molecule has 3 rings (SSSR count). The minimum Gasteiger partial charge on any atom is -0.462 e. The molecule has 5 nitrogen and oxygen atoms in total. The van der Waals surface area contributed by atoms with Gasteiger partial charge in [0.15, 0.2) is 0 Å². The number of fused-ring (bicyclic) bond motifs is 1. The van der Waals surface area contributed by atoms with Gasteiger partial charge in [0, 0.05) is 16.5 Å². The second-order valence-corrected chi connectivity index (χ2v) is 9.70. The number of aliphatic hydroxyl groups is 1. The normalized spacial score (nSPS) is 40.0. The predicted molar refractivity (Wildman–Crippen MR) is 115 cm³/mol. The van der Waals surface area contributed by atoms with Crippen molar-refractivity contribution in [2.24, 2.45) is 29.1 Å². The van der Waals surface area contributed by atoms with Gasteiger partial charge in [0.1, 0.15) is 12.2 Å². The first-order valence-corrected chi connectivity index (χ1v) is 11.3. The molecular weight excluding hydrogens is 381 g/mol. The van der Waals surface area contributed by atoms with E-state index in [4.69, 9.17) is 13.6 Å². The summed E-state index contributed by atoms with van der Waals surface area (Å²) in [7, 11) is 0. The van der Waals surface area contributed by atoms with Crippen LogP contribution in [0.4, 0.5) is 0 Å². The van der Waals surface area contributed by atoms with E-state index in [-0.39, 0.29) is 48.6 Å². The quantitative estimate of drug-likeness (QED) is 0.501. The molecule has 0 aromatic heterocycles. The van der Waals surface area contributed by atoms with Crippen LogP contribution in [0.1, 0.15) is 77.2 Å². The van der Waals surface area contributed by atoms with Crippen LogP contribution in [0.2, 0.25) is 0 Å². The predicted octanol–water partition coefficient (Wildman–Crippen LogP) is 4.59. The lowest BCUT2D eigenvalue weighted by atomic mass is 9.65. The van der Waals surface area contributed by atoms with E-state index < -0.39 is 30.4 Å². The molecule has 5 heteroatoms. The van der Waals surface area contributed by atoms with Crippen molar-refractivity contribution in [1.29, 1.82) is 0 Å². The average molecular weight is 423 g/mol. The highest BCUT2D eigenvalue weighted by Gasteiger charge is 2.43. The fourth-order valence-electron chi connectivity index (χ4n) is 5.05. The van der Waals surface area contributed by atoms with Gasteiger partial charge in [-0.25, -0.2) is 0 Å². The van der Waals surface area contributed by atoms with Crippen molar-refractivity contribution in [2.75, 3.05) is 0 Å². The lowest BCUT2D eigenvalue weighted by Gasteiger charge is -2.44. The minimum absolute atomic E-state index is 0.0351. The number of rotatable bonds is 6. The second-order valence-electron chi connectivity index (χ2n) is 9.70. The monoisotopic (exact) mass is 422 g/mol. The molecule has 1 aliphatic heterocycles. The number of hydrogen-bond donors (Lipinski definition) is 1. The Morgan fingerprint density at radius 3 is 2.80 bits per heavy atom. The van der Waals surface area contributed by atoms with Crippen molar-refractivity contribution in [2.45, 2.75) is 91.4 Å². The van der Waals surface area contributed by atoms with Crippen LogP contribution in [0.3, 0.4) is 0 Å². The second kappa shape index (κ2) is 9.25. The maximum atomic E-state index is 13.2. The topological polar surface area (TPSA) is 72.8 Å². The first-order valence-electron chi connectivity index (χ1n) is 12.8. The molecule has 1 heterocycles. The van der Waals surface area contributed by atoms with E-state index in [0.29, 0.717) is 19.3 Å². The summed E-state index contributed by atoms with van der Waals surface area (Å²) >= 11 is 0. The number of esters is 2. The molecule has 0 spiro atoms. The summed E-state index contributed by atoms with van der Waals surface area (Å²) in [5.41, 5.74) is -0.419. The number of carbonyl (C=O) groups is 2.